The maximum Gasteiger partial charge on any atom is 0.272 e. The summed E-state index contributed by atoms with van der Waals surface area (Å²) in [6.45, 7) is 5.77. The van der Waals surface area contributed by atoms with Crippen molar-refractivity contribution in [1.82, 2.24) is 9.88 Å². The second kappa shape index (κ2) is 7.24. The summed E-state index contributed by atoms with van der Waals surface area (Å²) >= 11 is 0. The number of nitrogens with one attached hydrogen (secondary N) is 1. The Morgan fingerprint density at radius 1 is 1.40 bits per heavy atom. The standard InChI is InChI=1S/C15H26N4O/c1-5-15(6-2,10-16)11-18-12-7-8-17-13(9-12)14(20)19(3)4/h7-9H,5-6,10-11,16H2,1-4H3,(H,17,18). The SMILES string of the molecule is CCC(CC)(CN)CNc1ccnc(C(=O)N(C)C)c1. The molecule has 5 nitrogen and oxygen atoms in total. The summed E-state index contributed by atoms with van der Waals surface area (Å²) in [6, 6.07) is 3.66. The van der Waals surface area contributed by atoms with Gasteiger partial charge in [0.2, 0.25) is 0 Å². The summed E-state index contributed by atoms with van der Waals surface area (Å²) < 4.78 is 0. The number of nitrogens with zero attached hydrogens (tertiary/aromatic N) is 2. The van der Waals surface area contributed by atoms with E-state index in [4.69, 9.17) is 5.73 Å². The summed E-state index contributed by atoms with van der Waals surface area (Å²) in [4.78, 5) is 17.5. The Hall–Kier alpha value is -1.62. The van der Waals surface area contributed by atoms with Gasteiger partial charge in [-0.2, -0.15) is 0 Å². The highest BCUT2D eigenvalue weighted by Crippen LogP contribution is 2.25. The lowest BCUT2D eigenvalue weighted by Gasteiger charge is -2.30. The van der Waals surface area contributed by atoms with Gasteiger partial charge in [-0.3, -0.25) is 9.78 Å². The Kier molecular flexibility index (Phi) is 5.95. The topological polar surface area (TPSA) is 71.2 Å². The second-order valence-electron chi connectivity index (χ2n) is 5.39. The number of nitrogens with two attached hydrogens (primary N) is 1. The lowest BCUT2D eigenvalue weighted by molar-refractivity contribution is 0.0822. The van der Waals surface area contributed by atoms with Crippen molar-refractivity contribution in [2.24, 2.45) is 11.1 Å². The molecule has 0 aliphatic rings. The highest BCUT2D eigenvalue weighted by molar-refractivity contribution is 5.92. The van der Waals surface area contributed by atoms with E-state index in [0.29, 0.717) is 12.2 Å². The minimum absolute atomic E-state index is 0.0929. The first-order valence-corrected chi connectivity index (χ1v) is 7.09. The van der Waals surface area contributed by atoms with Crippen molar-refractivity contribution in [2.75, 3.05) is 32.5 Å². The molecular formula is C15H26N4O. The number of amides is 1. The average Bonchev–Trinajstić information content (AvgIpc) is 2.48. The molecule has 5 heteroatoms. The monoisotopic (exact) mass is 278 g/mol. The van der Waals surface area contributed by atoms with Gasteiger partial charge in [0, 0.05) is 32.5 Å². The molecule has 1 rings (SSSR count). The van der Waals surface area contributed by atoms with Gasteiger partial charge in [-0.1, -0.05) is 13.8 Å². The van der Waals surface area contributed by atoms with E-state index in [1.165, 1.54) is 4.90 Å². The van der Waals surface area contributed by atoms with Crippen LogP contribution in [0.2, 0.25) is 0 Å². The summed E-state index contributed by atoms with van der Waals surface area (Å²) in [5, 5.41) is 3.38. The molecule has 0 unspecified atom stereocenters. The minimum Gasteiger partial charge on any atom is -0.384 e. The zero-order valence-corrected chi connectivity index (χ0v) is 12.9. The van der Waals surface area contributed by atoms with Crippen LogP contribution in [-0.2, 0) is 0 Å². The van der Waals surface area contributed by atoms with E-state index < -0.39 is 0 Å². The van der Waals surface area contributed by atoms with Gasteiger partial charge in [-0.25, -0.2) is 0 Å². The summed E-state index contributed by atoms with van der Waals surface area (Å²) in [6.07, 6.45) is 3.71. The van der Waals surface area contributed by atoms with Crippen molar-refractivity contribution in [2.45, 2.75) is 26.7 Å². The quantitative estimate of drug-likeness (QED) is 0.800. The third-order valence-electron chi connectivity index (χ3n) is 3.99. The number of carbonyl (C=O) groups excluding carboxylic acids is 1. The van der Waals surface area contributed by atoms with Crippen LogP contribution in [0.4, 0.5) is 5.69 Å². The number of anilines is 1. The molecule has 0 radical (unpaired) electrons. The van der Waals surface area contributed by atoms with E-state index in [0.717, 1.165) is 25.1 Å². The molecule has 0 aliphatic heterocycles. The predicted molar refractivity (Wildman–Crippen MR) is 82.8 cm³/mol. The zero-order valence-electron chi connectivity index (χ0n) is 12.9. The molecule has 1 amide bonds. The third kappa shape index (κ3) is 3.93. The normalized spacial score (nSPS) is 11.2. The van der Waals surface area contributed by atoms with Gasteiger partial charge in [-0.15, -0.1) is 0 Å². The smallest absolute Gasteiger partial charge is 0.272 e. The van der Waals surface area contributed by atoms with Crippen LogP contribution in [0.1, 0.15) is 37.2 Å². The number of hydrogen-bond acceptors (Lipinski definition) is 4. The Morgan fingerprint density at radius 3 is 2.55 bits per heavy atom. The molecule has 0 bridgehead atoms. The van der Waals surface area contributed by atoms with Crippen molar-refractivity contribution >= 4 is 11.6 Å². The first-order valence-electron chi connectivity index (χ1n) is 7.09. The molecule has 0 atom stereocenters. The minimum atomic E-state index is -0.0929. The molecule has 1 aromatic rings. The third-order valence-corrected chi connectivity index (χ3v) is 3.99. The molecular weight excluding hydrogens is 252 g/mol. The summed E-state index contributed by atoms with van der Waals surface area (Å²) in [7, 11) is 3.44. The highest BCUT2D eigenvalue weighted by atomic mass is 16.2. The van der Waals surface area contributed by atoms with Gasteiger partial charge in [0.05, 0.1) is 0 Å². The first kappa shape index (κ1) is 16.4. The van der Waals surface area contributed by atoms with Gasteiger partial charge in [0.25, 0.3) is 5.91 Å². The van der Waals surface area contributed by atoms with E-state index in [9.17, 15) is 4.79 Å². The lowest BCUT2D eigenvalue weighted by atomic mass is 9.82. The van der Waals surface area contributed by atoms with Crippen LogP contribution in [0.3, 0.4) is 0 Å². The number of rotatable bonds is 7. The molecule has 0 fully saturated rings. The van der Waals surface area contributed by atoms with E-state index in [-0.39, 0.29) is 11.3 Å². The first-order chi connectivity index (χ1) is 9.48. The van der Waals surface area contributed by atoms with Crippen molar-refractivity contribution in [3.8, 4) is 0 Å². The van der Waals surface area contributed by atoms with Gasteiger partial charge >= 0.3 is 0 Å². The largest absolute Gasteiger partial charge is 0.384 e. The molecule has 20 heavy (non-hydrogen) atoms. The molecule has 1 aromatic heterocycles. The summed E-state index contributed by atoms with van der Waals surface area (Å²) in [5.74, 6) is -0.0929. The molecule has 0 spiro atoms. The van der Waals surface area contributed by atoms with Crippen LogP contribution >= 0.6 is 0 Å². The van der Waals surface area contributed by atoms with E-state index in [1.807, 2.05) is 6.07 Å². The Balaban J connectivity index is 2.79. The van der Waals surface area contributed by atoms with E-state index in [2.05, 4.69) is 24.1 Å². The predicted octanol–water partition coefficient (Wildman–Crippen LogP) is 1.96. The van der Waals surface area contributed by atoms with Crippen LogP contribution in [0.15, 0.2) is 18.3 Å². The van der Waals surface area contributed by atoms with Crippen LogP contribution in [0.5, 0.6) is 0 Å². The van der Waals surface area contributed by atoms with Gasteiger partial charge in [0.1, 0.15) is 5.69 Å². The van der Waals surface area contributed by atoms with Crippen LogP contribution in [0, 0.1) is 5.41 Å². The number of carbonyl (C=O) groups is 1. The molecule has 3 N–H and O–H groups in total. The van der Waals surface area contributed by atoms with Crippen molar-refractivity contribution in [3.05, 3.63) is 24.0 Å². The Morgan fingerprint density at radius 2 is 2.05 bits per heavy atom. The fourth-order valence-corrected chi connectivity index (χ4v) is 2.04. The number of pyridine rings is 1. The molecule has 0 saturated heterocycles. The molecule has 0 aromatic carbocycles. The van der Waals surface area contributed by atoms with Crippen molar-refractivity contribution in [1.29, 1.82) is 0 Å². The maximum absolute atomic E-state index is 11.9. The average molecular weight is 278 g/mol. The van der Waals surface area contributed by atoms with Crippen molar-refractivity contribution < 1.29 is 4.79 Å². The van der Waals surface area contributed by atoms with Gasteiger partial charge in [-0.05, 0) is 36.9 Å². The maximum atomic E-state index is 11.9. The summed E-state index contributed by atoms with van der Waals surface area (Å²) in [5.41, 5.74) is 7.36. The van der Waals surface area contributed by atoms with Crippen molar-refractivity contribution in [3.63, 3.8) is 0 Å². The van der Waals surface area contributed by atoms with Crippen LogP contribution < -0.4 is 11.1 Å². The van der Waals surface area contributed by atoms with Gasteiger partial charge < -0.3 is 16.0 Å². The lowest BCUT2D eigenvalue weighted by Crippen LogP contribution is -2.36. The molecule has 0 saturated carbocycles. The second-order valence-corrected chi connectivity index (χ2v) is 5.39. The number of aromatic nitrogens is 1. The fraction of sp³-hybridized carbons (Fsp3) is 0.600. The fourth-order valence-electron chi connectivity index (χ4n) is 2.04. The van der Waals surface area contributed by atoms with Gasteiger partial charge in [0.15, 0.2) is 0 Å². The number of hydrogen-bond donors (Lipinski definition) is 2. The highest BCUT2D eigenvalue weighted by Gasteiger charge is 2.24. The molecule has 0 aliphatic carbocycles. The molecule has 112 valence electrons. The Bertz CT molecular complexity index is 433. The van der Waals surface area contributed by atoms with E-state index >= 15 is 0 Å². The van der Waals surface area contributed by atoms with Crippen LogP contribution in [-0.4, -0.2) is 43.0 Å². The molecule has 1 heterocycles. The van der Waals surface area contributed by atoms with E-state index in [1.54, 1.807) is 26.4 Å². The Labute approximate surface area is 121 Å². The van der Waals surface area contributed by atoms with Crippen LogP contribution in [0.25, 0.3) is 0 Å². The zero-order chi connectivity index (χ0) is 15.2.